The molecule has 3 aliphatic rings. The molecule has 1 aliphatic heterocycles. The summed E-state index contributed by atoms with van der Waals surface area (Å²) in [5.74, 6) is 3.00. The number of hydrogen-bond acceptors (Lipinski definition) is 2. The molecule has 0 N–H and O–H groups in total. The third-order valence-electron chi connectivity index (χ3n) is 7.40. The molecule has 0 saturated heterocycles. The Labute approximate surface area is 205 Å². The molecule has 1 unspecified atom stereocenters. The first-order valence-corrected chi connectivity index (χ1v) is 12.2. The molecule has 0 radical (unpaired) electrons. The number of para-hydroxylation sites is 2. The lowest BCUT2D eigenvalue weighted by Crippen LogP contribution is -2.26. The van der Waals surface area contributed by atoms with Crippen LogP contribution in [0.15, 0.2) is 108 Å². The maximum absolute atomic E-state index is 6.37. The minimum Gasteiger partial charge on any atom is -0.450 e. The van der Waals surface area contributed by atoms with Crippen LogP contribution in [0, 0.1) is 0 Å². The van der Waals surface area contributed by atoms with E-state index in [-0.39, 0.29) is 0 Å². The SMILES string of the molecule is Brc1ccc2c(c1)C1(c3ccccc3-2)c2ccccc2-c2cc3c(cc21)Oc1ccccc1O3. The number of halogens is 1. The zero-order valence-electron chi connectivity index (χ0n) is 18.0. The summed E-state index contributed by atoms with van der Waals surface area (Å²) in [6.07, 6.45) is 0. The van der Waals surface area contributed by atoms with Gasteiger partial charge in [-0.1, -0.05) is 82.7 Å². The van der Waals surface area contributed by atoms with Crippen LogP contribution >= 0.6 is 15.9 Å². The van der Waals surface area contributed by atoms with Crippen molar-refractivity contribution >= 4 is 15.9 Å². The predicted octanol–water partition coefficient (Wildman–Crippen LogP) is 8.69. The second-order valence-electron chi connectivity index (χ2n) is 9.03. The van der Waals surface area contributed by atoms with E-state index in [2.05, 4.69) is 94.8 Å². The molecule has 0 amide bonds. The fourth-order valence-electron chi connectivity index (χ4n) is 6.13. The van der Waals surface area contributed by atoms with E-state index < -0.39 is 5.41 Å². The van der Waals surface area contributed by atoms with Crippen LogP contribution in [-0.4, -0.2) is 0 Å². The monoisotopic (exact) mass is 500 g/mol. The molecule has 0 bridgehead atoms. The van der Waals surface area contributed by atoms with Gasteiger partial charge in [0.2, 0.25) is 0 Å². The van der Waals surface area contributed by atoms with Crippen LogP contribution in [-0.2, 0) is 5.41 Å². The van der Waals surface area contributed by atoms with Gasteiger partial charge in [0, 0.05) is 4.47 Å². The van der Waals surface area contributed by atoms with Crippen molar-refractivity contribution in [1.29, 1.82) is 0 Å². The van der Waals surface area contributed by atoms with Gasteiger partial charge >= 0.3 is 0 Å². The van der Waals surface area contributed by atoms with Crippen LogP contribution in [0.3, 0.4) is 0 Å². The standard InChI is InChI=1S/C31H17BrO2/c32-18-13-14-21-19-7-1-3-9-23(19)31(25(21)15-18)24-10-4-2-8-20(24)22-16-29-30(17-26(22)31)34-28-12-6-5-11-27(28)33-29/h1-17H. The normalized spacial score (nSPS) is 17.6. The van der Waals surface area contributed by atoms with Gasteiger partial charge in [-0.05, 0) is 80.9 Å². The molecule has 0 fully saturated rings. The fraction of sp³-hybridized carbons (Fsp3) is 0.0323. The molecule has 1 spiro atoms. The average Bonchev–Trinajstić information content (AvgIpc) is 3.32. The van der Waals surface area contributed by atoms with Gasteiger partial charge < -0.3 is 9.47 Å². The Balaban J connectivity index is 1.50. The maximum Gasteiger partial charge on any atom is 0.170 e. The van der Waals surface area contributed by atoms with Crippen molar-refractivity contribution in [3.63, 3.8) is 0 Å². The van der Waals surface area contributed by atoms with Gasteiger partial charge in [0.1, 0.15) is 0 Å². The number of benzene rings is 5. The Hall–Kier alpha value is -3.82. The lowest BCUT2D eigenvalue weighted by molar-refractivity contribution is 0.359. The Morgan fingerprint density at radius 3 is 1.68 bits per heavy atom. The summed E-state index contributed by atoms with van der Waals surface area (Å²) in [6, 6.07) is 36.4. The summed E-state index contributed by atoms with van der Waals surface area (Å²) >= 11 is 3.75. The largest absolute Gasteiger partial charge is 0.450 e. The van der Waals surface area contributed by atoms with Crippen molar-refractivity contribution in [3.05, 3.63) is 130 Å². The summed E-state index contributed by atoms with van der Waals surface area (Å²) in [7, 11) is 0. The first-order chi connectivity index (χ1) is 16.7. The molecule has 3 heteroatoms. The Kier molecular flexibility index (Phi) is 3.50. The Morgan fingerprint density at radius 1 is 0.441 bits per heavy atom. The minimum absolute atomic E-state index is 0.406. The zero-order valence-corrected chi connectivity index (χ0v) is 19.6. The molecular weight excluding hydrogens is 484 g/mol. The summed E-state index contributed by atoms with van der Waals surface area (Å²) in [6.45, 7) is 0. The molecule has 2 nitrogen and oxygen atoms in total. The smallest absolute Gasteiger partial charge is 0.170 e. The van der Waals surface area contributed by atoms with Gasteiger partial charge in [-0.2, -0.15) is 0 Å². The summed E-state index contributed by atoms with van der Waals surface area (Å²) in [5.41, 5.74) is 9.74. The topological polar surface area (TPSA) is 18.5 Å². The number of fused-ring (bicyclic) bond motifs is 12. The van der Waals surface area contributed by atoms with Crippen molar-refractivity contribution in [2.24, 2.45) is 0 Å². The molecule has 0 saturated carbocycles. The number of rotatable bonds is 0. The maximum atomic E-state index is 6.37. The lowest BCUT2D eigenvalue weighted by Gasteiger charge is -2.31. The first-order valence-electron chi connectivity index (χ1n) is 11.4. The van der Waals surface area contributed by atoms with E-state index in [4.69, 9.17) is 9.47 Å². The molecular formula is C31H17BrO2. The molecule has 0 aromatic heterocycles. The van der Waals surface area contributed by atoms with Crippen molar-refractivity contribution in [1.82, 2.24) is 0 Å². The van der Waals surface area contributed by atoms with E-state index >= 15 is 0 Å². The van der Waals surface area contributed by atoms with E-state index in [0.29, 0.717) is 0 Å². The van der Waals surface area contributed by atoms with Crippen molar-refractivity contribution in [2.45, 2.75) is 5.41 Å². The highest BCUT2D eigenvalue weighted by Gasteiger charge is 2.52. The third kappa shape index (κ3) is 2.16. The summed E-state index contributed by atoms with van der Waals surface area (Å²) < 4.78 is 13.7. The first kappa shape index (κ1) is 18.6. The van der Waals surface area contributed by atoms with Crippen molar-refractivity contribution in [2.75, 3.05) is 0 Å². The third-order valence-corrected chi connectivity index (χ3v) is 7.90. The van der Waals surface area contributed by atoms with Gasteiger partial charge in [0.25, 0.3) is 0 Å². The quantitative estimate of drug-likeness (QED) is 0.207. The molecule has 160 valence electrons. The lowest BCUT2D eigenvalue weighted by atomic mass is 9.70. The highest BCUT2D eigenvalue weighted by molar-refractivity contribution is 9.10. The summed E-state index contributed by atoms with van der Waals surface area (Å²) in [5, 5.41) is 0. The number of hydrogen-bond donors (Lipinski definition) is 0. The second kappa shape index (κ2) is 6.40. The number of ether oxygens (including phenoxy) is 2. The van der Waals surface area contributed by atoms with Gasteiger partial charge in [0.05, 0.1) is 5.41 Å². The molecule has 34 heavy (non-hydrogen) atoms. The molecule has 1 atom stereocenters. The van der Waals surface area contributed by atoms with Crippen molar-refractivity contribution < 1.29 is 9.47 Å². The Morgan fingerprint density at radius 2 is 0.971 bits per heavy atom. The zero-order chi connectivity index (χ0) is 22.4. The van der Waals surface area contributed by atoms with E-state index in [1.165, 1.54) is 44.5 Å². The van der Waals surface area contributed by atoms with Crippen LogP contribution < -0.4 is 9.47 Å². The van der Waals surface area contributed by atoms with Crippen LogP contribution in [0.25, 0.3) is 22.3 Å². The Bertz CT molecular complexity index is 1690. The minimum atomic E-state index is -0.406. The van der Waals surface area contributed by atoms with E-state index in [1.54, 1.807) is 0 Å². The van der Waals surface area contributed by atoms with E-state index in [9.17, 15) is 0 Å². The molecule has 5 aromatic rings. The second-order valence-corrected chi connectivity index (χ2v) is 9.94. The van der Waals surface area contributed by atoms with Crippen molar-refractivity contribution in [3.8, 4) is 45.3 Å². The predicted molar refractivity (Wildman–Crippen MR) is 137 cm³/mol. The molecule has 1 heterocycles. The molecule has 5 aromatic carbocycles. The summed E-state index contributed by atoms with van der Waals surface area (Å²) in [4.78, 5) is 0. The van der Waals surface area contributed by atoms with Gasteiger partial charge in [0.15, 0.2) is 23.0 Å². The van der Waals surface area contributed by atoms with E-state index in [0.717, 1.165) is 27.5 Å². The van der Waals surface area contributed by atoms with Crippen LogP contribution in [0.5, 0.6) is 23.0 Å². The fourth-order valence-corrected chi connectivity index (χ4v) is 6.49. The van der Waals surface area contributed by atoms with Crippen LogP contribution in [0.2, 0.25) is 0 Å². The molecule has 2 aliphatic carbocycles. The van der Waals surface area contributed by atoms with Gasteiger partial charge in [-0.25, -0.2) is 0 Å². The highest BCUT2D eigenvalue weighted by atomic mass is 79.9. The van der Waals surface area contributed by atoms with Crippen LogP contribution in [0.4, 0.5) is 0 Å². The van der Waals surface area contributed by atoms with Gasteiger partial charge in [-0.15, -0.1) is 0 Å². The average molecular weight is 501 g/mol. The van der Waals surface area contributed by atoms with E-state index in [1.807, 2.05) is 24.3 Å². The van der Waals surface area contributed by atoms with Gasteiger partial charge in [-0.3, -0.25) is 0 Å². The van der Waals surface area contributed by atoms with Crippen LogP contribution in [0.1, 0.15) is 22.3 Å². The molecule has 8 rings (SSSR count). The highest BCUT2D eigenvalue weighted by Crippen LogP contribution is 2.64.